The van der Waals surface area contributed by atoms with Gasteiger partial charge < -0.3 is 0 Å². The molecule has 0 N–H and O–H groups in total. The summed E-state index contributed by atoms with van der Waals surface area (Å²) in [6.45, 7) is 3.90. The van der Waals surface area contributed by atoms with Gasteiger partial charge in [0.25, 0.3) is 0 Å². The highest BCUT2D eigenvalue weighted by molar-refractivity contribution is 5.20. The summed E-state index contributed by atoms with van der Waals surface area (Å²) in [5.41, 5.74) is 0. The average molecular weight is 146 g/mol. The SMILES string of the molecule is C=CC1CC2C3C=CC(C3)C12. The first-order valence-electron chi connectivity index (χ1n) is 4.71. The molecule has 0 heterocycles. The van der Waals surface area contributed by atoms with E-state index in [2.05, 4.69) is 24.8 Å². The van der Waals surface area contributed by atoms with Gasteiger partial charge in [-0.25, -0.2) is 0 Å². The van der Waals surface area contributed by atoms with E-state index in [1.807, 2.05) is 0 Å². The second-order valence-electron chi connectivity index (χ2n) is 4.32. The molecule has 3 aliphatic carbocycles. The van der Waals surface area contributed by atoms with Crippen LogP contribution in [0.1, 0.15) is 12.8 Å². The van der Waals surface area contributed by atoms with Gasteiger partial charge in [0.05, 0.1) is 0 Å². The third kappa shape index (κ3) is 0.571. The Balaban J connectivity index is 1.91. The molecule has 3 rings (SSSR count). The van der Waals surface area contributed by atoms with Gasteiger partial charge in [0.15, 0.2) is 0 Å². The number of rotatable bonds is 1. The summed E-state index contributed by atoms with van der Waals surface area (Å²) in [5, 5.41) is 0. The maximum absolute atomic E-state index is 3.90. The van der Waals surface area contributed by atoms with E-state index in [-0.39, 0.29) is 0 Å². The predicted molar refractivity (Wildman–Crippen MR) is 46.0 cm³/mol. The van der Waals surface area contributed by atoms with Crippen molar-refractivity contribution in [2.75, 3.05) is 0 Å². The van der Waals surface area contributed by atoms with Gasteiger partial charge in [-0.3, -0.25) is 0 Å². The van der Waals surface area contributed by atoms with Crippen LogP contribution in [-0.4, -0.2) is 0 Å². The highest BCUT2D eigenvalue weighted by Crippen LogP contribution is 2.60. The third-order valence-corrected chi connectivity index (χ3v) is 4.03. The molecule has 0 nitrogen and oxygen atoms in total. The smallest absolute Gasteiger partial charge is 0.0191 e. The van der Waals surface area contributed by atoms with Gasteiger partial charge in [0.1, 0.15) is 0 Å². The summed E-state index contributed by atoms with van der Waals surface area (Å²) in [5.74, 6) is 4.80. The van der Waals surface area contributed by atoms with Crippen LogP contribution in [0.5, 0.6) is 0 Å². The molecule has 2 saturated carbocycles. The zero-order valence-electron chi connectivity index (χ0n) is 6.74. The van der Waals surface area contributed by atoms with Crippen molar-refractivity contribution in [1.82, 2.24) is 0 Å². The molecule has 0 aliphatic heterocycles. The van der Waals surface area contributed by atoms with Gasteiger partial charge in [-0.05, 0) is 42.4 Å². The fourth-order valence-electron chi connectivity index (χ4n) is 3.46. The van der Waals surface area contributed by atoms with E-state index < -0.39 is 0 Å². The second-order valence-corrected chi connectivity index (χ2v) is 4.32. The lowest BCUT2D eigenvalue weighted by Gasteiger charge is -2.44. The van der Waals surface area contributed by atoms with Gasteiger partial charge in [-0.15, -0.1) is 6.58 Å². The molecule has 0 aromatic heterocycles. The Morgan fingerprint density at radius 2 is 2.00 bits per heavy atom. The minimum atomic E-state index is 0.861. The average Bonchev–Trinajstić information content (AvgIpc) is 2.43. The highest BCUT2D eigenvalue weighted by Gasteiger charge is 2.53. The summed E-state index contributed by atoms with van der Waals surface area (Å²) in [7, 11) is 0. The summed E-state index contributed by atoms with van der Waals surface area (Å²) in [6.07, 6.45) is 9.96. The zero-order chi connectivity index (χ0) is 7.42. The molecule has 2 bridgehead atoms. The fourth-order valence-corrected chi connectivity index (χ4v) is 3.46. The number of fused-ring (bicyclic) bond motifs is 5. The van der Waals surface area contributed by atoms with Crippen LogP contribution >= 0.6 is 0 Å². The van der Waals surface area contributed by atoms with E-state index in [9.17, 15) is 0 Å². The van der Waals surface area contributed by atoms with E-state index in [4.69, 9.17) is 0 Å². The predicted octanol–water partition coefficient (Wildman–Crippen LogP) is 2.63. The molecule has 0 heteroatoms. The first kappa shape index (κ1) is 6.05. The largest absolute Gasteiger partial charge is 0.103 e. The lowest BCUT2D eigenvalue weighted by Crippen LogP contribution is -2.38. The second kappa shape index (κ2) is 1.80. The van der Waals surface area contributed by atoms with Gasteiger partial charge >= 0.3 is 0 Å². The quantitative estimate of drug-likeness (QED) is 0.499. The molecule has 0 saturated heterocycles. The summed E-state index contributed by atoms with van der Waals surface area (Å²) in [6, 6.07) is 0. The molecular formula is C11H14. The molecule has 58 valence electrons. The molecule has 11 heavy (non-hydrogen) atoms. The van der Waals surface area contributed by atoms with E-state index >= 15 is 0 Å². The van der Waals surface area contributed by atoms with Crippen LogP contribution in [0, 0.1) is 29.6 Å². The lowest BCUT2D eigenvalue weighted by molar-refractivity contribution is 0.0975. The van der Waals surface area contributed by atoms with Gasteiger partial charge in [0.2, 0.25) is 0 Å². The molecule has 0 aromatic rings. The minimum Gasteiger partial charge on any atom is -0.103 e. The first-order valence-corrected chi connectivity index (χ1v) is 4.71. The van der Waals surface area contributed by atoms with Crippen molar-refractivity contribution in [2.24, 2.45) is 29.6 Å². The van der Waals surface area contributed by atoms with Crippen LogP contribution in [0.2, 0.25) is 0 Å². The van der Waals surface area contributed by atoms with E-state index in [1.165, 1.54) is 12.8 Å². The van der Waals surface area contributed by atoms with Crippen LogP contribution in [-0.2, 0) is 0 Å². The van der Waals surface area contributed by atoms with Crippen molar-refractivity contribution in [1.29, 1.82) is 0 Å². The fraction of sp³-hybridized carbons (Fsp3) is 0.636. The zero-order valence-corrected chi connectivity index (χ0v) is 6.74. The molecule has 0 amide bonds. The minimum absolute atomic E-state index is 0.861. The molecule has 0 radical (unpaired) electrons. The maximum atomic E-state index is 3.90. The Hall–Kier alpha value is -0.520. The summed E-state index contributed by atoms with van der Waals surface area (Å²) < 4.78 is 0. The Bertz CT molecular complexity index is 226. The first-order chi connectivity index (χ1) is 5.40. The highest BCUT2D eigenvalue weighted by atomic mass is 14.6. The maximum Gasteiger partial charge on any atom is -0.0191 e. The lowest BCUT2D eigenvalue weighted by atomic mass is 9.60. The normalized spacial score (nSPS) is 57.3. The molecule has 5 atom stereocenters. The van der Waals surface area contributed by atoms with Gasteiger partial charge in [0, 0.05) is 0 Å². The van der Waals surface area contributed by atoms with Crippen LogP contribution in [0.4, 0.5) is 0 Å². The molecule has 0 spiro atoms. The number of hydrogen-bond acceptors (Lipinski definition) is 0. The molecule has 0 aromatic carbocycles. The standard InChI is InChI=1S/C11H14/c1-2-7-6-10-8-3-4-9(5-8)11(7)10/h2-4,7-11H,1,5-6H2. The van der Waals surface area contributed by atoms with Crippen molar-refractivity contribution in [3.63, 3.8) is 0 Å². The Labute approximate surface area is 68.0 Å². The van der Waals surface area contributed by atoms with Gasteiger partial charge in [-0.1, -0.05) is 18.2 Å². The monoisotopic (exact) mass is 146 g/mol. The van der Waals surface area contributed by atoms with Crippen molar-refractivity contribution in [3.8, 4) is 0 Å². The Kier molecular flexibility index (Phi) is 0.988. The van der Waals surface area contributed by atoms with Crippen LogP contribution in [0.25, 0.3) is 0 Å². The third-order valence-electron chi connectivity index (χ3n) is 4.03. The van der Waals surface area contributed by atoms with Crippen molar-refractivity contribution in [2.45, 2.75) is 12.8 Å². The number of allylic oxidation sites excluding steroid dienone is 3. The molecule has 2 fully saturated rings. The van der Waals surface area contributed by atoms with Gasteiger partial charge in [-0.2, -0.15) is 0 Å². The van der Waals surface area contributed by atoms with Crippen molar-refractivity contribution in [3.05, 3.63) is 24.8 Å². The Morgan fingerprint density at radius 3 is 2.73 bits per heavy atom. The molecular weight excluding hydrogens is 132 g/mol. The van der Waals surface area contributed by atoms with E-state index in [0.29, 0.717) is 0 Å². The molecule has 3 aliphatic rings. The summed E-state index contributed by atoms with van der Waals surface area (Å²) in [4.78, 5) is 0. The van der Waals surface area contributed by atoms with Crippen molar-refractivity contribution < 1.29 is 0 Å². The van der Waals surface area contributed by atoms with Crippen LogP contribution < -0.4 is 0 Å². The van der Waals surface area contributed by atoms with Crippen LogP contribution in [0.3, 0.4) is 0 Å². The Morgan fingerprint density at radius 1 is 1.18 bits per heavy atom. The topological polar surface area (TPSA) is 0 Å². The van der Waals surface area contributed by atoms with Crippen LogP contribution in [0.15, 0.2) is 24.8 Å². The van der Waals surface area contributed by atoms with E-state index in [0.717, 1.165) is 29.6 Å². The molecule has 5 unspecified atom stereocenters. The summed E-state index contributed by atoms with van der Waals surface area (Å²) >= 11 is 0. The number of hydrogen-bond donors (Lipinski definition) is 0. The van der Waals surface area contributed by atoms with Crippen molar-refractivity contribution >= 4 is 0 Å². The van der Waals surface area contributed by atoms with E-state index in [1.54, 1.807) is 0 Å².